The monoisotopic (exact) mass is 612 g/mol. The van der Waals surface area contributed by atoms with Crippen LogP contribution in [0.1, 0.15) is 52.9 Å². The summed E-state index contributed by atoms with van der Waals surface area (Å²) >= 11 is 0. The minimum absolute atomic E-state index is 0.105. The van der Waals surface area contributed by atoms with Crippen LogP contribution in [0.25, 0.3) is 10.8 Å². The van der Waals surface area contributed by atoms with E-state index < -0.39 is 56.1 Å². The van der Waals surface area contributed by atoms with Gasteiger partial charge in [-0.05, 0) is 60.2 Å². The van der Waals surface area contributed by atoms with Crippen LogP contribution in [0.4, 0.5) is 0 Å². The zero-order chi connectivity index (χ0) is 31.3. The van der Waals surface area contributed by atoms with E-state index in [0.717, 1.165) is 10.8 Å². The second-order valence-corrected chi connectivity index (χ2v) is 15.0. The molecule has 2 heterocycles. The number of allylic oxidation sites excluding steroid dienone is 1. The van der Waals surface area contributed by atoms with Crippen LogP contribution in [0.3, 0.4) is 0 Å². The molecule has 1 aliphatic heterocycles. The molecule has 43 heavy (non-hydrogen) atoms. The molecule has 3 N–H and O–H groups in total. The van der Waals surface area contributed by atoms with Gasteiger partial charge in [0.2, 0.25) is 27.7 Å². The first-order valence-electron chi connectivity index (χ1n) is 14.6. The molecule has 2 saturated carbocycles. The average molecular weight is 613 g/mol. The van der Waals surface area contributed by atoms with Gasteiger partial charge in [0.15, 0.2) is 5.78 Å². The summed E-state index contributed by atoms with van der Waals surface area (Å²) < 4.78 is 38.9. The molecule has 2 amide bonds. The average Bonchev–Trinajstić information content (AvgIpc) is 3.88. The summed E-state index contributed by atoms with van der Waals surface area (Å²) in [5.74, 6) is -0.732. The van der Waals surface area contributed by atoms with Crippen molar-refractivity contribution < 1.29 is 32.3 Å². The summed E-state index contributed by atoms with van der Waals surface area (Å²) in [6.45, 7) is 9.44. The Hall–Kier alpha value is -3.51. The quantitative estimate of drug-likeness (QED) is 0.364. The number of Topliss-reactive ketones (excluding diaryl/α,β-unsaturated/α-hetero) is 1. The second kappa shape index (κ2) is 11.2. The van der Waals surface area contributed by atoms with Crippen molar-refractivity contribution in [3.63, 3.8) is 0 Å². The summed E-state index contributed by atoms with van der Waals surface area (Å²) in [7, 11) is -2.21. The van der Waals surface area contributed by atoms with Crippen molar-refractivity contribution in [1.82, 2.24) is 14.6 Å². The van der Waals surface area contributed by atoms with Crippen LogP contribution in [0.2, 0.25) is 0 Å². The van der Waals surface area contributed by atoms with Crippen LogP contribution < -0.4 is 19.9 Å². The molecule has 11 nitrogen and oxygen atoms in total. The number of benzene rings is 1. The van der Waals surface area contributed by atoms with E-state index in [9.17, 15) is 22.8 Å². The van der Waals surface area contributed by atoms with Gasteiger partial charge in [-0.2, -0.15) is 0 Å². The number of ether oxygens (including phenoxy) is 2. The van der Waals surface area contributed by atoms with Gasteiger partial charge in [-0.15, -0.1) is 6.58 Å². The third-order valence-electron chi connectivity index (χ3n) is 8.89. The predicted octanol–water partition coefficient (Wildman–Crippen LogP) is 2.73. The molecule has 5 rings (SSSR count). The lowest BCUT2D eigenvalue weighted by Gasteiger charge is -2.32. The van der Waals surface area contributed by atoms with Crippen molar-refractivity contribution in [3.8, 4) is 11.6 Å². The van der Waals surface area contributed by atoms with E-state index in [1.165, 1.54) is 4.90 Å². The Morgan fingerprint density at radius 1 is 1.26 bits per heavy atom. The standard InChI is InChI=1S/C31H40N4O7S/c1-6-19-15-31(19,29(38)34-43(39,40)22-8-9-22)16-25(36)24-14-21(17-35(24)28(37)26(32)30(2,3)4)42-27-23-10-7-20(41-5)13-18(23)11-12-33-27/h6-7,10-13,19,21-22,24,26H,1,8-9,14-17,32H2,2-5H3,(H,34,38)/t19-,21-,24+,26-,31-/m1/s1. The zero-order valence-electron chi connectivity index (χ0n) is 25.0. The van der Waals surface area contributed by atoms with Crippen LogP contribution in [0.5, 0.6) is 11.6 Å². The molecule has 0 spiro atoms. The molecule has 2 aliphatic carbocycles. The van der Waals surface area contributed by atoms with E-state index in [1.54, 1.807) is 25.4 Å². The van der Waals surface area contributed by atoms with Crippen molar-refractivity contribution in [2.45, 2.75) is 76.3 Å². The van der Waals surface area contributed by atoms with Crippen molar-refractivity contribution in [1.29, 1.82) is 0 Å². The number of aromatic nitrogens is 1. The minimum Gasteiger partial charge on any atom is -0.497 e. The van der Waals surface area contributed by atoms with Crippen LogP contribution in [0.15, 0.2) is 43.1 Å². The Balaban J connectivity index is 1.39. The molecule has 5 atom stereocenters. The fourth-order valence-corrected chi connectivity index (χ4v) is 7.18. The van der Waals surface area contributed by atoms with Crippen LogP contribution in [-0.4, -0.2) is 73.0 Å². The second-order valence-electron chi connectivity index (χ2n) is 13.0. The maximum absolute atomic E-state index is 14.0. The number of rotatable bonds is 11. The van der Waals surface area contributed by atoms with Gasteiger partial charge in [0.1, 0.15) is 11.9 Å². The van der Waals surface area contributed by atoms with Crippen molar-refractivity contribution in [2.24, 2.45) is 22.5 Å². The Morgan fingerprint density at radius 2 is 1.98 bits per heavy atom. The molecule has 1 aromatic carbocycles. The Bertz CT molecular complexity index is 1570. The van der Waals surface area contributed by atoms with Crippen molar-refractivity contribution >= 4 is 38.4 Å². The molecule has 3 aliphatic rings. The fraction of sp³-hybridized carbons (Fsp3) is 0.548. The molecular formula is C31H40N4O7S. The highest BCUT2D eigenvalue weighted by Gasteiger charge is 2.61. The van der Waals surface area contributed by atoms with Gasteiger partial charge < -0.3 is 20.1 Å². The zero-order valence-corrected chi connectivity index (χ0v) is 25.9. The molecule has 12 heteroatoms. The number of carbonyl (C=O) groups is 3. The highest BCUT2D eigenvalue weighted by Crippen LogP contribution is 2.57. The minimum atomic E-state index is -3.79. The number of fused-ring (bicyclic) bond motifs is 1. The van der Waals surface area contributed by atoms with Crippen molar-refractivity contribution in [3.05, 3.63) is 43.1 Å². The normalized spacial score (nSPS) is 26.1. The molecular weight excluding hydrogens is 572 g/mol. The molecule has 1 saturated heterocycles. The number of ketones is 1. The van der Waals surface area contributed by atoms with Gasteiger partial charge in [0, 0.05) is 24.4 Å². The Morgan fingerprint density at radius 3 is 2.58 bits per heavy atom. The molecule has 0 unspecified atom stereocenters. The predicted molar refractivity (Wildman–Crippen MR) is 161 cm³/mol. The number of nitrogens with two attached hydrogens (primary N) is 1. The lowest BCUT2D eigenvalue weighted by atomic mass is 9.86. The van der Waals surface area contributed by atoms with Gasteiger partial charge in [0.05, 0.1) is 36.4 Å². The first-order chi connectivity index (χ1) is 20.2. The number of hydrogen-bond donors (Lipinski definition) is 2. The first-order valence-corrected chi connectivity index (χ1v) is 16.1. The number of amides is 2. The number of nitrogens with zero attached hydrogens (tertiary/aromatic N) is 2. The van der Waals surface area contributed by atoms with E-state index in [-0.39, 0.29) is 31.1 Å². The first kappa shape index (κ1) is 30.9. The van der Waals surface area contributed by atoms with E-state index in [2.05, 4.69) is 16.3 Å². The number of methoxy groups -OCH3 is 1. The molecule has 2 aromatic rings. The van der Waals surface area contributed by atoms with Gasteiger partial charge in [-0.3, -0.25) is 19.1 Å². The topological polar surface area (TPSA) is 158 Å². The summed E-state index contributed by atoms with van der Waals surface area (Å²) in [6.07, 6.45) is 3.89. The summed E-state index contributed by atoms with van der Waals surface area (Å²) in [5, 5.41) is 1.03. The van der Waals surface area contributed by atoms with Gasteiger partial charge >= 0.3 is 0 Å². The number of nitrogens with one attached hydrogen (secondary N) is 1. The lowest BCUT2D eigenvalue weighted by Crippen LogP contribution is -2.53. The Labute approximate surface area is 252 Å². The van der Waals surface area contributed by atoms with Crippen molar-refractivity contribution in [2.75, 3.05) is 13.7 Å². The van der Waals surface area contributed by atoms with Crippen LogP contribution in [-0.2, 0) is 24.4 Å². The fourth-order valence-electron chi connectivity index (χ4n) is 5.80. The van der Waals surface area contributed by atoms with Crippen LogP contribution in [0, 0.1) is 16.7 Å². The van der Waals surface area contributed by atoms with Gasteiger partial charge in [-0.25, -0.2) is 13.4 Å². The summed E-state index contributed by atoms with van der Waals surface area (Å²) in [4.78, 5) is 46.8. The van der Waals surface area contributed by atoms with E-state index >= 15 is 0 Å². The highest BCUT2D eigenvalue weighted by atomic mass is 32.2. The largest absolute Gasteiger partial charge is 0.497 e. The number of hydrogen-bond acceptors (Lipinski definition) is 9. The van der Waals surface area contributed by atoms with E-state index in [0.29, 0.717) is 30.9 Å². The van der Waals surface area contributed by atoms with Gasteiger partial charge in [0.25, 0.3) is 0 Å². The number of likely N-dealkylation sites (tertiary alicyclic amines) is 1. The van der Waals surface area contributed by atoms with E-state index in [1.807, 2.05) is 39.0 Å². The number of carbonyl (C=O) groups excluding carboxylic acids is 3. The molecule has 3 fully saturated rings. The summed E-state index contributed by atoms with van der Waals surface area (Å²) in [6, 6.07) is 5.55. The Kier molecular flexibility index (Phi) is 8.06. The molecule has 0 radical (unpaired) electrons. The third-order valence-corrected chi connectivity index (χ3v) is 10.7. The highest BCUT2D eigenvalue weighted by molar-refractivity contribution is 7.90. The smallest absolute Gasteiger partial charge is 0.240 e. The number of pyridine rings is 1. The van der Waals surface area contributed by atoms with E-state index in [4.69, 9.17) is 15.2 Å². The third kappa shape index (κ3) is 6.12. The molecule has 0 bridgehead atoms. The maximum Gasteiger partial charge on any atom is 0.240 e. The summed E-state index contributed by atoms with van der Waals surface area (Å²) in [5.41, 5.74) is 4.57. The SMILES string of the molecule is C=C[C@@H]1C[C@]1(CC(=O)[C@@H]1C[C@@H](Oc2nccc3cc(OC)ccc23)CN1C(=O)[C@@H](N)C(C)(C)C)C(=O)NS(=O)(=O)C1CC1. The maximum atomic E-state index is 14.0. The lowest BCUT2D eigenvalue weighted by molar-refractivity contribution is -0.141. The molecule has 232 valence electrons. The van der Waals surface area contributed by atoms with Crippen LogP contribution >= 0.6 is 0 Å². The number of sulfonamides is 1. The molecule has 1 aromatic heterocycles. The van der Waals surface area contributed by atoms with Gasteiger partial charge in [-0.1, -0.05) is 26.8 Å².